The molecule has 0 saturated carbocycles. The van der Waals surface area contributed by atoms with E-state index in [0.29, 0.717) is 0 Å². The summed E-state index contributed by atoms with van der Waals surface area (Å²) in [4.78, 5) is 5.64. The van der Waals surface area contributed by atoms with Crippen LogP contribution in [0, 0.1) is 6.92 Å². The van der Waals surface area contributed by atoms with Gasteiger partial charge in [0.1, 0.15) is 11.1 Å². The van der Waals surface area contributed by atoms with Crippen LogP contribution in [-0.4, -0.2) is 17.1 Å². The quantitative estimate of drug-likeness (QED) is 0.786. The first-order chi connectivity index (χ1) is 7.19. The summed E-state index contributed by atoms with van der Waals surface area (Å²) in [5, 5.41) is 13.9. The lowest BCUT2D eigenvalue weighted by molar-refractivity contribution is 0.163. The van der Waals surface area contributed by atoms with Gasteiger partial charge in [0.2, 0.25) is 0 Å². The summed E-state index contributed by atoms with van der Waals surface area (Å²) in [5.41, 5.74) is 1.04. The molecule has 1 heterocycles. The fourth-order valence-corrected chi connectivity index (χ4v) is 2.54. The number of hydrogen-bond acceptors (Lipinski definition) is 4. The van der Waals surface area contributed by atoms with Crippen molar-refractivity contribution in [3.8, 4) is 0 Å². The molecule has 0 saturated heterocycles. The van der Waals surface area contributed by atoms with E-state index in [4.69, 9.17) is 0 Å². The molecule has 1 aromatic heterocycles. The number of aryl methyl sites for hydroxylation is 1. The van der Waals surface area contributed by atoms with Gasteiger partial charge in [0.25, 0.3) is 0 Å². The molecule has 0 radical (unpaired) electrons. The van der Waals surface area contributed by atoms with Crippen molar-refractivity contribution in [2.45, 2.75) is 45.8 Å². The van der Waals surface area contributed by atoms with E-state index in [2.05, 4.69) is 17.2 Å². The third-order valence-electron chi connectivity index (χ3n) is 2.36. The summed E-state index contributed by atoms with van der Waals surface area (Å²) in [6.45, 7) is 4.97. The third kappa shape index (κ3) is 3.55. The highest BCUT2D eigenvalue weighted by Gasteiger charge is 2.14. The van der Waals surface area contributed by atoms with Crippen molar-refractivity contribution >= 4 is 11.3 Å². The molecule has 0 aliphatic rings. The second-order valence-electron chi connectivity index (χ2n) is 3.75. The minimum atomic E-state index is -0.376. The highest BCUT2D eigenvalue weighted by Crippen LogP contribution is 2.26. The average molecular weight is 228 g/mol. The molecule has 2 N–H and O–H groups in total. The van der Waals surface area contributed by atoms with Gasteiger partial charge in [0, 0.05) is 11.4 Å². The molecule has 1 aromatic rings. The monoisotopic (exact) mass is 228 g/mol. The number of aliphatic hydroxyl groups is 1. The van der Waals surface area contributed by atoms with Crippen molar-refractivity contribution in [2.24, 2.45) is 0 Å². The molecule has 1 unspecified atom stereocenters. The fraction of sp³-hybridized carbons (Fsp3) is 0.727. The zero-order chi connectivity index (χ0) is 11.3. The lowest BCUT2D eigenvalue weighted by Crippen LogP contribution is -2.04. The van der Waals surface area contributed by atoms with Crippen molar-refractivity contribution in [3.05, 3.63) is 15.6 Å². The normalized spacial score (nSPS) is 13.1. The first kappa shape index (κ1) is 12.6. The lowest BCUT2D eigenvalue weighted by Gasteiger charge is -2.04. The van der Waals surface area contributed by atoms with Crippen molar-refractivity contribution in [1.29, 1.82) is 0 Å². The van der Waals surface area contributed by atoms with E-state index < -0.39 is 0 Å². The number of aliphatic hydroxyl groups excluding tert-OH is 1. The van der Waals surface area contributed by atoms with Gasteiger partial charge in [-0.2, -0.15) is 0 Å². The number of thiazole rings is 1. The van der Waals surface area contributed by atoms with Crippen LogP contribution in [0.2, 0.25) is 0 Å². The molecule has 0 amide bonds. The summed E-state index contributed by atoms with van der Waals surface area (Å²) in [6.07, 6.45) is 2.62. The van der Waals surface area contributed by atoms with Crippen LogP contribution in [-0.2, 0) is 6.54 Å². The predicted octanol–water partition coefficient (Wildman–Crippen LogP) is 2.39. The lowest BCUT2D eigenvalue weighted by atomic mass is 10.2. The Bertz CT molecular complexity index is 299. The van der Waals surface area contributed by atoms with Gasteiger partial charge in [0.15, 0.2) is 0 Å². The van der Waals surface area contributed by atoms with Crippen molar-refractivity contribution in [3.63, 3.8) is 0 Å². The van der Waals surface area contributed by atoms with Crippen molar-refractivity contribution in [1.82, 2.24) is 10.3 Å². The zero-order valence-electron chi connectivity index (χ0n) is 9.71. The highest BCUT2D eigenvalue weighted by molar-refractivity contribution is 7.11. The summed E-state index contributed by atoms with van der Waals surface area (Å²) >= 11 is 1.62. The predicted molar refractivity (Wildman–Crippen MR) is 64.1 cm³/mol. The largest absolute Gasteiger partial charge is 0.386 e. The van der Waals surface area contributed by atoms with Gasteiger partial charge in [-0.1, -0.05) is 19.8 Å². The molecule has 1 rings (SSSR count). The van der Waals surface area contributed by atoms with Crippen LogP contribution >= 0.6 is 11.3 Å². The van der Waals surface area contributed by atoms with Gasteiger partial charge in [0.05, 0.1) is 5.69 Å². The topological polar surface area (TPSA) is 45.2 Å². The van der Waals surface area contributed by atoms with Crippen LogP contribution in [0.25, 0.3) is 0 Å². The van der Waals surface area contributed by atoms with E-state index in [1.54, 1.807) is 11.3 Å². The Morgan fingerprint density at radius 3 is 2.87 bits per heavy atom. The Morgan fingerprint density at radius 1 is 1.53 bits per heavy atom. The van der Waals surface area contributed by atoms with Crippen LogP contribution in [0.15, 0.2) is 0 Å². The van der Waals surface area contributed by atoms with E-state index in [0.717, 1.165) is 36.5 Å². The molecule has 0 aliphatic heterocycles. The van der Waals surface area contributed by atoms with Gasteiger partial charge in [-0.3, -0.25) is 0 Å². The van der Waals surface area contributed by atoms with Gasteiger partial charge >= 0.3 is 0 Å². The number of nitrogens with zero attached hydrogens (tertiary/aromatic N) is 1. The molecular formula is C11H20N2OS. The SMILES string of the molecule is CCCCC(O)c1nc(C)c(CNC)s1. The van der Waals surface area contributed by atoms with Crippen molar-refractivity contribution in [2.75, 3.05) is 7.05 Å². The van der Waals surface area contributed by atoms with E-state index >= 15 is 0 Å². The van der Waals surface area contributed by atoms with E-state index in [-0.39, 0.29) is 6.10 Å². The van der Waals surface area contributed by atoms with E-state index in [1.165, 1.54) is 4.88 Å². The minimum absolute atomic E-state index is 0.376. The van der Waals surface area contributed by atoms with E-state index in [9.17, 15) is 5.11 Å². The Hall–Kier alpha value is -0.450. The smallest absolute Gasteiger partial charge is 0.122 e. The molecule has 3 nitrogen and oxygen atoms in total. The molecule has 0 aliphatic carbocycles. The molecule has 0 spiro atoms. The van der Waals surface area contributed by atoms with Gasteiger partial charge < -0.3 is 10.4 Å². The third-order valence-corrected chi connectivity index (χ3v) is 3.62. The molecule has 15 heavy (non-hydrogen) atoms. The Balaban J connectivity index is 2.64. The second-order valence-corrected chi connectivity index (χ2v) is 4.86. The highest BCUT2D eigenvalue weighted by atomic mass is 32.1. The van der Waals surface area contributed by atoms with Gasteiger partial charge in [-0.05, 0) is 20.4 Å². The molecular weight excluding hydrogens is 208 g/mol. The van der Waals surface area contributed by atoms with Crippen LogP contribution in [0.1, 0.15) is 47.9 Å². The Labute approximate surface area is 95.6 Å². The molecule has 4 heteroatoms. The van der Waals surface area contributed by atoms with Gasteiger partial charge in [-0.15, -0.1) is 11.3 Å². The number of unbranched alkanes of at least 4 members (excludes halogenated alkanes) is 1. The fourth-order valence-electron chi connectivity index (χ4n) is 1.44. The number of rotatable bonds is 6. The Morgan fingerprint density at radius 2 is 2.27 bits per heavy atom. The summed E-state index contributed by atoms with van der Waals surface area (Å²) in [5.74, 6) is 0. The summed E-state index contributed by atoms with van der Waals surface area (Å²) in [6, 6.07) is 0. The zero-order valence-corrected chi connectivity index (χ0v) is 10.5. The Kier molecular flexibility index (Phi) is 5.22. The van der Waals surface area contributed by atoms with Gasteiger partial charge in [-0.25, -0.2) is 4.98 Å². The maximum absolute atomic E-state index is 9.89. The number of aromatic nitrogens is 1. The van der Waals surface area contributed by atoms with Crippen LogP contribution in [0.4, 0.5) is 0 Å². The number of hydrogen-bond donors (Lipinski definition) is 2. The average Bonchev–Trinajstić information content (AvgIpc) is 2.58. The molecule has 0 aromatic carbocycles. The first-order valence-electron chi connectivity index (χ1n) is 5.47. The standard InChI is InChI=1S/C11H20N2OS/c1-4-5-6-9(14)11-13-8(2)10(15-11)7-12-3/h9,12,14H,4-7H2,1-3H3. The van der Waals surface area contributed by atoms with E-state index in [1.807, 2.05) is 14.0 Å². The van der Waals surface area contributed by atoms with Crippen LogP contribution in [0.3, 0.4) is 0 Å². The molecule has 0 fully saturated rings. The number of nitrogens with one attached hydrogen (secondary N) is 1. The second kappa shape index (κ2) is 6.20. The summed E-state index contributed by atoms with van der Waals surface area (Å²) in [7, 11) is 1.92. The maximum Gasteiger partial charge on any atom is 0.122 e. The summed E-state index contributed by atoms with van der Waals surface area (Å²) < 4.78 is 0. The first-order valence-corrected chi connectivity index (χ1v) is 6.29. The van der Waals surface area contributed by atoms with Crippen LogP contribution < -0.4 is 5.32 Å². The molecule has 86 valence electrons. The minimum Gasteiger partial charge on any atom is -0.386 e. The van der Waals surface area contributed by atoms with Crippen molar-refractivity contribution < 1.29 is 5.11 Å². The maximum atomic E-state index is 9.89. The molecule has 0 bridgehead atoms. The van der Waals surface area contributed by atoms with Crippen LogP contribution in [0.5, 0.6) is 0 Å². The molecule has 1 atom stereocenters.